The molecule has 1 atom stereocenters. The minimum absolute atomic E-state index is 0.0617. The molecule has 7 heteroatoms. The van der Waals surface area contributed by atoms with E-state index in [-0.39, 0.29) is 12.5 Å². The summed E-state index contributed by atoms with van der Waals surface area (Å²) in [7, 11) is 1.49. The topological polar surface area (TPSA) is 84.3 Å². The Morgan fingerprint density at radius 2 is 2.19 bits per heavy atom. The summed E-state index contributed by atoms with van der Waals surface area (Å²) in [6.07, 6.45) is 0. The largest absolute Gasteiger partial charge is 0.492 e. The van der Waals surface area contributed by atoms with E-state index in [4.69, 9.17) is 4.74 Å². The molecule has 0 saturated carbocycles. The van der Waals surface area contributed by atoms with Gasteiger partial charge in [0.25, 0.3) is 5.56 Å². The number of hydrogen-bond acceptors (Lipinski definition) is 4. The van der Waals surface area contributed by atoms with E-state index in [9.17, 15) is 19.1 Å². The van der Waals surface area contributed by atoms with E-state index < -0.39 is 22.9 Å². The highest BCUT2D eigenvalue weighted by atomic mass is 19.1. The Bertz CT molecular complexity index is 479. The van der Waals surface area contributed by atoms with E-state index in [1.165, 1.54) is 7.11 Å². The van der Waals surface area contributed by atoms with Crippen LogP contribution in [0.3, 0.4) is 0 Å². The average Bonchev–Trinajstić information content (AvgIpc) is 2.22. The van der Waals surface area contributed by atoms with E-state index in [2.05, 4.69) is 0 Å². The van der Waals surface area contributed by atoms with Crippen molar-refractivity contribution < 1.29 is 14.2 Å². The van der Waals surface area contributed by atoms with Gasteiger partial charge in [-0.05, 0) is 5.92 Å². The van der Waals surface area contributed by atoms with E-state index in [1.54, 1.807) is 11.9 Å². The summed E-state index contributed by atoms with van der Waals surface area (Å²) in [6.45, 7) is 2.18. The lowest BCUT2D eigenvalue weighted by molar-refractivity contribution is 0.148. The number of nitrogens with one attached hydrogen (secondary N) is 1. The number of ether oxygens (including phenoxy) is 1. The van der Waals surface area contributed by atoms with Crippen molar-refractivity contribution >= 4 is 0 Å². The Hall–Kier alpha value is -1.63. The van der Waals surface area contributed by atoms with Crippen molar-refractivity contribution in [1.82, 2.24) is 9.55 Å². The first-order chi connectivity index (χ1) is 7.47. The minimum Gasteiger partial charge on any atom is -0.492 e. The zero-order chi connectivity index (χ0) is 12.3. The smallest absolute Gasteiger partial charge is 0.331 e. The second kappa shape index (κ2) is 4.93. The van der Waals surface area contributed by atoms with Crippen molar-refractivity contribution in [3.63, 3.8) is 0 Å². The van der Waals surface area contributed by atoms with Crippen molar-refractivity contribution in [2.75, 3.05) is 13.7 Å². The van der Waals surface area contributed by atoms with Crippen LogP contribution in [-0.2, 0) is 11.3 Å². The molecule has 90 valence electrons. The van der Waals surface area contributed by atoms with Gasteiger partial charge in [-0.3, -0.25) is 14.3 Å². The Labute approximate surface area is 90.3 Å². The number of halogens is 1. The molecule has 0 aliphatic rings. The number of H-pyrrole nitrogens is 1. The average molecular weight is 232 g/mol. The molecule has 0 aromatic carbocycles. The van der Waals surface area contributed by atoms with Gasteiger partial charge < -0.3 is 9.84 Å². The molecule has 0 amide bonds. The molecule has 1 rings (SSSR count). The first kappa shape index (κ1) is 12.4. The zero-order valence-electron chi connectivity index (χ0n) is 8.99. The van der Waals surface area contributed by atoms with E-state index in [0.717, 1.165) is 4.57 Å². The lowest BCUT2D eigenvalue weighted by atomic mass is 10.2. The van der Waals surface area contributed by atoms with Crippen LogP contribution in [0.1, 0.15) is 6.92 Å². The number of aromatic nitrogens is 2. The van der Waals surface area contributed by atoms with Crippen molar-refractivity contribution in [3.8, 4) is 5.88 Å². The monoisotopic (exact) mass is 232 g/mol. The fourth-order valence-electron chi connectivity index (χ4n) is 1.35. The van der Waals surface area contributed by atoms with E-state index in [1.807, 2.05) is 0 Å². The Kier molecular flexibility index (Phi) is 3.83. The molecule has 0 spiro atoms. The molecule has 1 heterocycles. The zero-order valence-corrected chi connectivity index (χ0v) is 8.99. The molecule has 0 radical (unpaired) electrons. The van der Waals surface area contributed by atoms with Gasteiger partial charge >= 0.3 is 5.69 Å². The highest BCUT2D eigenvalue weighted by Gasteiger charge is 2.15. The Morgan fingerprint density at radius 1 is 1.56 bits per heavy atom. The molecule has 1 aromatic heterocycles. The third-order valence-corrected chi connectivity index (χ3v) is 2.06. The number of nitrogens with zero attached hydrogens (tertiary/aromatic N) is 1. The summed E-state index contributed by atoms with van der Waals surface area (Å²) in [5, 5.41) is 9.30. The SMILES string of the molecule is COCC(C)Cn1c(O)c(F)c(=O)[nH]c1=O. The van der Waals surface area contributed by atoms with Crippen LogP contribution < -0.4 is 11.2 Å². The molecule has 0 saturated heterocycles. The molecule has 0 fully saturated rings. The van der Waals surface area contributed by atoms with Gasteiger partial charge in [0, 0.05) is 13.7 Å². The fourth-order valence-corrected chi connectivity index (χ4v) is 1.35. The summed E-state index contributed by atoms with van der Waals surface area (Å²) in [6, 6.07) is 0. The third kappa shape index (κ3) is 2.48. The van der Waals surface area contributed by atoms with Crippen LogP contribution in [0.4, 0.5) is 4.39 Å². The van der Waals surface area contributed by atoms with Crippen molar-refractivity contribution in [1.29, 1.82) is 0 Å². The van der Waals surface area contributed by atoms with Crippen LogP contribution in [0.25, 0.3) is 0 Å². The number of hydrogen-bond donors (Lipinski definition) is 2. The normalized spacial score (nSPS) is 12.7. The van der Waals surface area contributed by atoms with Crippen LogP contribution in [0.2, 0.25) is 0 Å². The van der Waals surface area contributed by atoms with Gasteiger partial charge in [-0.25, -0.2) is 4.79 Å². The van der Waals surface area contributed by atoms with Gasteiger partial charge in [0.15, 0.2) is 0 Å². The van der Waals surface area contributed by atoms with Gasteiger partial charge in [0.2, 0.25) is 11.7 Å². The van der Waals surface area contributed by atoms with Gasteiger partial charge in [-0.15, -0.1) is 0 Å². The standard InChI is InChI=1S/C9H13FN2O4/c1-5(4-16-2)3-12-8(14)6(10)7(13)11-9(12)15/h5,14H,3-4H2,1-2H3,(H,11,13,15). The van der Waals surface area contributed by atoms with Gasteiger partial charge in [-0.2, -0.15) is 4.39 Å². The van der Waals surface area contributed by atoms with Crippen LogP contribution in [0, 0.1) is 11.7 Å². The number of aromatic amines is 1. The van der Waals surface area contributed by atoms with Crippen LogP contribution in [0.5, 0.6) is 5.88 Å². The third-order valence-electron chi connectivity index (χ3n) is 2.06. The van der Waals surface area contributed by atoms with Crippen LogP contribution in [0.15, 0.2) is 9.59 Å². The van der Waals surface area contributed by atoms with E-state index >= 15 is 0 Å². The first-order valence-corrected chi connectivity index (χ1v) is 4.68. The lowest BCUT2D eigenvalue weighted by Gasteiger charge is -2.13. The van der Waals surface area contributed by atoms with Crippen molar-refractivity contribution in [3.05, 3.63) is 26.7 Å². The molecular formula is C9H13FN2O4. The molecule has 1 unspecified atom stereocenters. The maximum atomic E-state index is 13.0. The second-order valence-corrected chi connectivity index (χ2v) is 3.57. The van der Waals surface area contributed by atoms with Crippen molar-refractivity contribution in [2.45, 2.75) is 13.5 Å². The molecule has 6 nitrogen and oxygen atoms in total. The highest BCUT2D eigenvalue weighted by Crippen LogP contribution is 2.10. The molecule has 0 aliphatic carbocycles. The summed E-state index contributed by atoms with van der Waals surface area (Å²) < 4.78 is 18.6. The van der Waals surface area contributed by atoms with Gasteiger partial charge in [-0.1, -0.05) is 6.92 Å². The number of methoxy groups -OCH3 is 1. The van der Waals surface area contributed by atoms with Crippen LogP contribution in [-0.4, -0.2) is 28.4 Å². The van der Waals surface area contributed by atoms with Gasteiger partial charge in [0.05, 0.1) is 6.61 Å². The van der Waals surface area contributed by atoms with Crippen molar-refractivity contribution in [2.24, 2.45) is 5.92 Å². The predicted octanol–water partition coefficient (Wildman–Crippen LogP) is -0.336. The van der Waals surface area contributed by atoms with E-state index in [0.29, 0.717) is 6.61 Å². The maximum absolute atomic E-state index is 13.0. The molecule has 0 bridgehead atoms. The Morgan fingerprint density at radius 3 is 2.75 bits per heavy atom. The number of aromatic hydroxyl groups is 1. The molecule has 16 heavy (non-hydrogen) atoms. The first-order valence-electron chi connectivity index (χ1n) is 4.68. The quantitative estimate of drug-likeness (QED) is 0.744. The number of rotatable bonds is 4. The fraction of sp³-hybridized carbons (Fsp3) is 0.556. The Balaban J connectivity index is 3.10. The summed E-state index contributed by atoms with van der Waals surface area (Å²) in [5.74, 6) is -2.40. The predicted molar refractivity (Wildman–Crippen MR) is 54.0 cm³/mol. The lowest BCUT2D eigenvalue weighted by Crippen LogP contribution is -2.33. The minimum atomic E-state index is -1.36. The van der Waals surface area contributed by atoms with Crippen LogP contribution >= 0.6 is 0 Å². The molecule has 1 aromatic rings. The summed E-state index contributed by atoms with van der Waals surface area (Å²) >= 11 is 0. The summed E-state index contributed by atoms with van der Waals surface area (Å²) in [4.78, 5) is 23.9. The molecular weight excluding hydrogens is 219 g/mol. The second-order valence-electron chi connectivity index (χ2n) is 3.57. The molecule has 0 aliphatic heterocycles. The van der Waals surface area contributed by atoms with Gasteiger partial charge in [0.1, 0.15) is 0 Å². The molecule has 2 N–H and O–H groups in total. The maximum Gasteiger partial charge on any atom is 0.331 e. The summed E-state index contributed by atoms with van der Waals surface area (Å²) in [5.41, 5.74) is -2.06. The highest BCUT2D eigenvalue weighted by molar-refractivity contribution is 5.09.